The molecule has 0 fully saturated rings. The summed E-state index contributed by atoms with van der Waals surface area (Å²) in [6, 6.07) is 2.29. The minimum atomic E-state index is -5.04. The van der Waals surface area contributed by atoms with E-state index in [-0.39, 0.29) is 56.9 Å². The molecule has 0 amide bonds. The molecular formula is C8H7BF3KN2O. The number of halogens is 3. The summed E-state index contributed by atoms with van der Waals surface area (Å²) in [6.45, 7) is -5.04. The summed E-state index contributed by atoms with van der Waals surface area (Å²) in [4.78, 5) is 0. The molecule has 0 radical (unpaired) electrons. The van der Waals surface area contributed by atoms with Crippen molar-refractivity contribution < 1.29 is 69.1 Å². The van der Waals surface area contributed by atoms with Gasteiger partial charge in [-0.2, -0.15) is 5.10 Å². The molecule has 8 heteroatoms. The van der Waals surface area contributed by atoms with Crippen molar-refractivity contribution in [2.24, 2.45) is 0 Å². The van der Waals surface area contributed by atoms with E-state index in [0.29, 0.717) is 11.1 Å². The molecule has 2 aromatic rings. The Morgan fingerprint density at radius 1 is 1.31 bits per heavy atom. The summed E-state index contributed by atoms with van der Waals surface area (Å²) in [5.74, 6) is 0.377. The van der Waals surface area contributed by atoms with E-state index in [9.17, 15) is 12.9 Å². The van der Waals surface area contributed by atoms with Crippen molar-refractivity contribution >= 4 is 23.3 Å². The smallest absolute Gasteiger partial charge is 0.496 e. The number of nitrogens with zero attached hydrogens (tertiary/aromatic N) is 1. The molecule has 0 aliphatic heterocycles. The van der Waals surface area contributed by atoms with Crippen molar-refractivity contribution in [1.82, 2.24) is 10.2 Å². The van der Waals surface area contributed by atoms with Crippen LogP contribution in [-0.2, 0) is 0 Å². The van der Waals surface area contributed by atoms with Gasteiger partial charge in [0.15, 0.2) is 0 Å². The van der Waals surface area contributed by atoms with Gasteiger partial charge in [0, 0.05) is 5.52 Å². The Hall–Kier alpha value is -0.0187. The summed E-state index contributed by atoms with van der Waals surface area (Å²) in [7, 11) is 1.40. The van der Waals surface area contributed by atoms with Crippen LogP contribution >= 0.6 is 0 Å². The maximum absolute atomic E-state index is 12.6. The standard InChI is InChI=1S/C8H7BF3N2O.K/c1-15-7-3-2-6(9(10,11)12)8-5(7)4-13-14-8;/h2-4H,1H3,(H,13,14);/q-1;+1. The molecule has 1 aromatic carbocycles. The second-order valence-electron chi connectivity index (χ2n) is 3.09. The van der Waals surface area contributed by atoms with Crippen LogP contribution in [0.3, 0.4) is 0 Å². The van der Waals surface area contributed by atoms with Gasteiger partial charge in [-0.25, -0.2) is 0 Å². The normalized spacial score (nSPS) is 11.2. The minimum Gasteiger partial charge on any atom is -0.496 e. The van der Waals surface area contributed by atoms with E-state index in [2.05, 4.69) is 10.2 Å². The molecule has 0 saturated carbocycles. The van der Waals surface area contributed by atoms with Crippen LogP contribution in [0.4, 0.5) is 12.9 Å². The van der Waals surface area contributed by atoms with Crippen LogP contribution in [0.2, 0.25) is 0 Å². The third-order valence-corrected chi connectivity index (χ3v) is 2.18. The second kappa shape index (κ2) is 5.09. The van der Waals surface area contributed by atoms with Crippen LogP contribution in [0, 0.1) is 0 Å². The van der Waals surface area contributed by atoms with Crippen molar-refractivity contribution in [3.63, 3.8) is 0 Å². The molecule has 0 saturated heterocycles. The Kier molecular flexibility index (Phi) is 4.47. The number of hydrogen-bond acceptors (Lipinski definition) is 2. The van der Waals surface area contributed by atoms with Crippen LogP contribution < -0.4 is 61.6 Å². The summed E-state index contributed by atoms with van der Waals surface area (Å²) in [6.07, 6.45) is 1.32. The van der Waals surface area contributed by atoms with E-state index in [0.717, 1.165) is 6.07 Å². The average Bonchev–Trinajstić information content (AvgIpc) is 2.62. The predicted molar refractivity (Wildman–Crippen MR) is 51.4 cm³/mol. The zero-order valence-electron chi connectivity index (χ0n) is 8.80. The van der Waals surface area contributed by atoms with E-state index >= 15 is 0 Å². The van der Waals surface area contributed by atoms with Gasteiger partial charge in [-0.15, -0.1) is 0 Å². The number of rotatable bonds is 2. The van der Waals surface area contributed by atoms with Gasteiger partial charge in [-0.05, 0) is 6.07 Å². The summed E-state index contributed by atoms with van der Waals surface area (Å²) in [5.41, 5.74) is -0.704. The molecule has 0 unspecified atom stereocenters. The molecule has 80 valence electrons. The Bertz CT molecular complexity index is 499. The summed E-state index contributed by atoms with van der Waals surface area (Å²) < 4.78 is 42.7. The number of fused-ring (bicyclic) bond motifs is 1. The minimum absolute atomic E-state index is 0. The van der Waals surface area contributed by atoms with Crippen molar-refractivity contribution in [1.29, 1.82) is 0 Å². The monoisotopic (exact) mass is 254 g/mol. The number of aromatic nitrogens is 2. The molecule has 0 spiro atoms. The van der Waals surface area contributed by atoms with Gasteiger partial charge < -0.3 is 17.7 Å². The van der Waals surface area contributed by atoms with Crippen LogP contribution in [-0.4, -0.2) is 24.3 Å². The second-order valence-corrected chi connectivity index (χ2v) is 3.09. The van der Waals surface area contributed by atoms with Crippen molar-refractivity contribution in [3.8, 4) is 5.75 Å². The summed E-state index contributed by atoms with van der Waals surface area (Å²) >= 11 is 0. The van der Waals surface area contributed by atoms with E-state index in [4.69, 9.17) is 4.74 Å². The molecule has 0 atom stereocenters. The third kappa shape index (κ3) is 2.45. The first-order valence-electron chi connectivity index (χ1n) is 4.24. The maximum Gasteiger partial charge on any atom is 1.00 e. The fourth-order valence-corrected chi connectivity index (χ4v) is 1.48. The maximum atomic E-state index is 12.6. The van der Waals surface area contributed by atoms with Crippen molar-refractivity contribution in [3.05, 3.63) is 18.3 Å². The van der Waals surface area contributed by atoms with Crippen molar-refractivity contribution in [2.75, 3.05) is 7.11 Å². The summed E-state index contributed by atoms with van der Waals surface area (Å²) in [5, 5.41) is 6.27. The molecule has 1 heterocycles. The van der Waals surface area contributed by atoms with E-state index in [1.165, 1.54) is 19.4 Å². The Balaban J connectivity index is 0.00000128. The van der Waals surface area contributed by atoms with Gasteiger partial charge in [0.25, 0.3) is 0 Å². The van der Waals surface area contributed by atoms with Crippen LogP contribution in [0.1, 0.15) is 0 Å². The first kappa shape index (κ1) is 14.0. The van der Waals surface area contributed by atoms with Crippen LogP contribution in [0.25, 0.3) is 10.9 Å². The first-order valence-corrected chi connectivity index (χ1v) is 4.24. The number of benzene rings is 1. The average molecular weight is 254 g/mol. The van der Waals surface area contributed by atoms with Crippen molar-refractivity contribution in [2.45, 2.75) is 0 Å². The van der Waals surface area contributed by atoms with Gasteiger partial charge in [-0.3, -0.25) is 5.10 Å². The van der Waals surface area contributed by atoms with E-state index in [1.54, 1.807) is 0 Å². The molecular weight excluding hydrogens is 247 g/mol. The van der Waals surface area contributed by atoms with Gasteiger partial charge in [0.2, 0.25) is 0 Å². The Morgan fingerprint density at radius 3 is 2.56 bits per heavy atom. The SMILES string of the molecule is COc1ccc([B-](F)(F)F)c2[nH]ncc12.[K+]. The Morgan fingerprint density at radius 2 is 2.00 bits per heavy atom. The number of H-pyrrole nitrogens is 1. The zero-order chi connectivity index (χ0) is 11.1. The quantitative estimate of drug-likeness (QED) is 0.671. The molecule has 3 nitrogen and oxygen atoms in total. The van der Waals surface area contributed by atoms with E-state index in [1.807, 2.05) is 0 Å². The largest absolute Gasteiger partial charge is 1.00 e. The molecule has 1 aromatic heterocycles. The zero-order valence-corrected chi connectivity index (χ0v) is 11.9. The van der Waals surface area contributed by atoms with Crippen LogP contribution in [0.15, 0.2) is 18.3 Å². The number of methoxy groups -OCH3 is 1. The van der Waals surface area contributed by atoms with Gasteiger partial charge in [-0.1, -0.05) is 11.5 Å². The number of hydrogen-bond donors (Lipinski definition) is 1. The van der Waals surface area contributed by atoms with E-state index < -0.39 is 12.4 Å². The molecule has 2 rings (SSSR count). The number of ether oxygens (including phenoxy) is 1. The molecule has 1 N–H and O–H groups in total. The fourth-order valence-electron chi connectivity index (χ4n) is 1.48. The fraction of sp³-hybridized carbons (Fsp3) is 0.125. The first-order chi connectivity index (χ1) is 7.04. The van der Waals surface area contributed by atoms with Gasteiger partial charge in [0.05, 0.1) is 18.7 Å². The molecule has 0 aliphatic carbocycles. The number of nitrogens with one attached hydrogen (secondary N) is 1. The van der Waals surface area contributed by atoms with Gasteiger partial charge in [0.1, 0.15) is 5.75 Å². The van der Waals surface area contributed by atoms with Gasteiger partial charge >= 0.3 is 58.4 Å². The van der Waals surface area contributed by atoms with Crippen LogP contribution in [0.5, 0.6) is 5.75 Å². The molecule has 0 bridgehead atoms. The number of aromatic amines is 1. The predicted octanol–water partition coefficient (Wildman–Crippen LogP) is -1.37. The molecule has 16 heavy (non-hydrogen) atoms. The Labute approximate surface area is 132 Å². The topological polar surface area (TPSA) is 37.9 Å². The molecule has 0 aliphatic rings. The third-order valence-electron chi connectivity index (χ3n) is 2.18.